The minimum Gasteiger partial charge on any atom is -0.384 e. The van der Waals surface area contributed by atoms with Crippen molar-refractivity contribution in [3.8, 4) is 22.4 Å². The Morgan fingerprint density at radius 3 is 2.48 bits per heavy atom. The fourth-order valence-electron chi connectivity index (χ4n) is 4.79. The van der Waals surface area contributed by atoms with Crippen LogP contribution in [0.2, 0.25) is 5.02 Å². The second kappa shape index (κ2) is 8.72. The van der Waals surface area contributed by atoms with Gasteiger partial charge in [-0.2, -0.15) is 0 Å². The molecular weight excluding hydrogens is 436 g/mol. The van der Waals surface area contributed by atoms with Crippen molar-refractivity contribution in [2.75, 3.05) is 31.9 Å². The number of nitrogens with one attached hydrogen (secondary N) is 1. The highest BCUT2D eigenvalue weighted by atomic mass is 35.5. The molecule has 8 heteroatoms. The van der Waals surface area contributed by atoms with Crippen molar-refractivity contribution in [1.29, 1.82) is 0 Å². The Kier molecular flexibility index (Phi) is 5.76. The predicted octanol–water partition coefficient (Wildman–Crippen LogP) is 3.83. The van der Waals surface area contributed by atoms with Crippen LogP contribution in [0.25, 0.3) is 22.4 Å². The van der Waals surface area contributed by atoms with Crippen LogP contribution in [-0.2, 0) is 6.42 Å². The minimum absolute atomic E-state index is 0.00595. The normalized spacial score (nSPS) is 17.1. The summed E-state index contributed by atoms with van der Waals surface area (Å²) in [7, 11) is 0. The number of aromatic nitrogens is 3. The Labute approximate surface area is 198 Å². The minimum atomic E-state index is -0.00595. The molecule has 2 saturated heterocycles. The number of rotatable bonds is 4. The van der Waals surface area contributed by atoms with E-state index in [9.17, 15) is 4.79 Å². The average Bonchev–Trinajstić information content (AvgIpc) is 2.82. The molecule has 2 aromatic heterocycles. The van der Waals surface area contributed by atoms with Gasteiger partial charge in [0.2, 0.25) is 0 Å². The van der Waals surface area contributed by atoms with Gasteiger partial charge in [-0.25, -0.2) is 15.0 Å². The summed E-state index contributed by atoms with van der Waals surface area (Å²) < 4.78 is 0. The molecule has 7 nitrogen and oxygen atoms in total. The lowest BCUT2D eigenvalue weighted by atomic mass is 9.73. The first kappa shape index (κ1) is 21.8. The highest BCUT2D eigenvalue weighted by molar-refractivity contribution is 6.34. The molecule has 2 fully saturated rings. The summed E-state index contributed by atoms with van der Waals surface area (Å²) in [5, 5.41) is 3.79. The van der Waals surface area contributed by atoms with E-state index in [0.717, 1.165) is 73.5 Å². The molecule has 0 saturated carbocycles. The zero-order valence-corrected chi connectivity index (χ0v) is 19.4. The van der Waals surface area contributed by atoms with Gasteiger partial charge in [0.15, 0.2) is 0 Å². The molecule has 33 heavy (non-hydrogen) atoms. The standard InChI is InChI=1S/C25H27ClN6O/c1-2-20-22(17-4-6-21(27)29-12-17)23(31-15-30-20)16-3-5-18(19(26)11-16)24(33)32-9-7-25(8-10-32)13-28-14-25/h3-6,11-12,15,28H,2,7-10,13-14H2,1H3,(H2,27,29). The van der Waals surface area contributed by atoms with Gasteiger partial charge in [-0.15, -0.1) is 0 Å². The van der Waals surface area contributed by atoms with E-state index < -0.39 is 0 Å². The molecule has 2 aliphatic heterocycles. The summed E-state index contributed by atoms with van der Waals surface area (Å²) in [6, 6.07) is 9.24. The molecule has 0 aliphatic carbocycles. The molecule has 3 N–H and O–H groups in total. The number of anilines is 1. The zero-order chi connectivity index (χ0) is 23.0. The van der Waals surface area contributed by atoms with Gasteiger partial charge < -0.3 is 16.0 Å². The fraction of sp³-hybridized carbons (Fsp3) is 0.360. The number of aryl methyl sites for hydroxylation is 1. The van der Waals surface area contributed by atoms with Gasteiger partial charge in [-0.05, 0) is 48.9 Å². The lowest BCUT2D eigenvalue weighted by Gasteiger charge is -2.48. The van der Waals surface area contributed by atoms with Crippen molar-refractivity contribution in [2.45, 2.75) is 26.2 Å². The van der Waals surface area contributed by atoms with Gasteiger partial charge in [0.05, 0.1) is 22.0 Å². The number of hydrogen-bond acceptors (Lipinski definition) is 6. The van der Waals surface area contributed by atoms with Gasteiger partial charge in [0.1, 0.15) is 12.1 Å². The zero-order valence-electron chi connectivity index (χ0n) is 18.6. The van der Waals surface area contributed by atoms with Crippen molar-refractivity contribution in [3.05, 3.63) is 59.1 Å². The number of nitrogens with zero attached hydrogens (tertiary/aromatic N) is 4. The van der Waals surface area contributed by atoms with E-state index in [1.807, 2.05) is 29.2 Å². The summed E-state index contributed by atoms with van der Waals surface area (Å²) in [6.45, 7) is 5.73. The number of likely N-dealkylation sites (tertiary alicyclic amines) is 1. The van der Waals surface area contributed by atoms with Gasteiger partial charge in [-0.3, -0.25) is 4.79 Å². The Bertz CT molecular complexity index is 1180. The average molecular weight is 463 g/mol. The van der Waals surface area contributed by atoms with Gasteiger partial charge in [0.25, 0.3) is 5.91 Å². The van der Waals surface area contributed by atoms with Gasteiger partial charge in [0, 0.05) is 49.1 Å². The monoisotopic (exact) mass is 462 g/mol. The second-order valence-electron chi connectivity index (χ2n) is 8.96. The van der Waals surface area contributed by atoms with E-state index in [0.29, 0.717) is 21.8 Å². The first-order chi connectivity index (χ1) is 16.0. The van der Waals surface area contributed by atoms with Crippen molar-refractivity contribution >= 4 is 23.3 Å². The Morgan fingerprint density at radius 2 is 1.88 bits per heavy atom. The van der Waals surface area contributed by atoms with Crippen LogP contribution >= 0.6 is 11.6 Å². The summed E-state index contributed by atoms with van der Waals surface area (Å²) in [5.41, 5.74) is 11.0. The lowest BCUT2D eigenvalue weighted by Crippen LogP contribution is -2.58. The summed E-state index contributed by atoms with van der Waals surface area (Å²) in [4.78, 5) is 28.4. The van der Waals surface area contributed by atoms with E-state index in [1.54, 1.807) is 18.6 Å². The van der Waals surface area contributed by atoms with Gasteiger partial charge in [-0.1, -0.05) is 24.6 Å². The second-order valence-corrected chi connectivity index (χ2v) is 9.37. The molecule has 2 aliphatic rings. The van der Waals surface area contributed by atoms with Crippen molar-refractivity contribution in [1.82, 2.24) is 25.2 Å². The lowest BCUT2D eigenvalue weighted by molar-refractivity contribution is 0.0415. The summed E-state index contributed by atoms with van der Waals surface area (Å²) in [6.07, 6.45) is 6.12. The number of carbonyl (C=O) groups is 1. The topological polar surface area (TPSA) is 97.0 Å². The molecular formula is C25H27ClN6O. The number of nitrogen functional groups attached to an aromatic ring is 1. The maximum absolute atomic E-state index is 13.2. The van der Waals surface area contributed by atoms with E-state index >= 15 is 0 Å². The highest BCUT2D eigenvalue weighted by Gasteiger charge is 2.40. The molecule has 170 valence electrons. The molecule has 0 atom stereocenters. The molecule has 3 aromatic rings. The molecule has 4 heterocycles. The fourth-order valence-corrected chi connectivity index (χ4v) is 5.05. The Balaban J connectivity index is 1.45. The number of benzene rings is 1. The molecule has 1 amide bonds. The number of nitrogens with two attached hydrogens (primary N) is 1. The SMILES string of the molecule is CCc1ncnc(-c2ccc(C(=O)N3CCC4(CC3)CNC4)c(Cl)c2)c1-c1ccc(N)nc1. The third-order valence-electron chi connectivity index (χ3n) is 6.92. The van der Waals surface area contributed by atoms with E-state index in [1.165, 1.54) is 0 Å². The summed E-state index contributed by atoms with van der Waals surface area (Å²) >= 11 is 6.65. The molecule has 1 aromatic carbocycles. The molecule has 5 rings (SSSR count). The van der Waals surface area contributed by atoms with Crippen LogP contribution in [0.1, 0.15) is 35.8 Å². The maximum atomic E-state index is 13.2. The van der Waals surface area contributed by atoms with Crippen molar-refractivity contribution in [2.24, 2.45) is 5.41 Å². The molecule has 0 bridgehead atoms. The quantitative estimate of drug-likeness (QED) is 0.611. The third-order valence-corrected chi connectivity index (χ3v) is 7.23. The Morgan fingerprint density at radius 1 is 1.12 bits per heavy atom. The summed E-state index contributed by atoms with van der Waals surface area (Å²) in [5.74, 6) is 0.451. The number of piperidine rings is 1. The number of amides is 1. The van der Waals surface area contributed by atoms with Crippen LogP contribution in [-0.4, -0.2) is 51.9 Å². The van der Waals surface area contributed by atoms with E-state index in [-0.39, 0.29) is 5.91 Å². The predicted molar refractivity (Wildman–Crippen MR) is 130 cm³/mol. The Hall–Kier alpha value is -3.03. The van der Waals surface area contributed by atoms with E-state index in [2.05, 4.69) is 27.2 Å². The van der Waals surface area contributed by atoms with Crippen molar-refractivity contribution < 1.29 is 4.79 Å². The molecule has 1 spiro atoms. The number of hydrogen-bond donors (Lipinski definition) is 2. The third kappa shape index (κ3) is 4.07. The van der Waals surface area contributed by atoms with Crippen LogP contribution in [0, 0.1) is 5.41 Å². The van der Waals surface area contributed by atoms with Crippen LogP contribution in [0.15, 0.2) is 42.9 Å². The van der Waals surface area contributed by atoms with Crippen LogP contribution in [0.5, 0.6) is 0 Å². The maximum Gasteiger partial charge on any atom is 0.255 e. The smallest absolute Gasteiger partial charge is 0.255 e. The number of halogens is 1. The first-order valence-corrected chi connectivity index (χ1v) is 11.7. The first-order valence-electron chi connectivity index (χ1n) is 11.4. The highest BCUT2D eigenvalue weighted by Crippen LogP contribution is 2.37. The molecule has 0 unspecified atom stereocenters. The van der Waals surface area contributed by atoms with Crippen LogP contribution < -0.4 is 11.1 Å². The van der Waals surface area contributed by atoms with Crippen LogP contribution in [0.4, 0.5) is 5.82 Å². The van der Waals surface area contributed by atoms with Gasteiger partial charge >= 0.3 is 0 Å². The van der Waals surface area contributed by atoms with E-state index in [4.69, 9.17) is 17.3 Å². The van der Waals surface area contributed by atoms with Crippen molar-refractivity contribution in [3.63, 3.8) is 0 Å². The number of pyridine rings is 1. The largest absolute Gasteiger partial charge is 0.384 e. The number of carbonyl (C=O) groups excluding carboxylic acids is 1. The van der Waals surface area contributed by atoms with Crippen LogP contribution in [0.3, 0.4) is 0 Å². The molecule has 0 radical (unpaired) electrons.